The Labute approximate surface area is 125 Å². The number of hydrazine groups is 1. The maximum absolute atomic E-state index is 6.16. The van der Waals surface area contributed by atoms with E-state index in [1.54, 1.807) is 31.3 Å². The third kappa shape index (κ3) is 2.72. The lowest BCUT2D eigenvalue weighted by Gasteiger charge is -2.10. The van der Waals surface area contributed by atoms with Crippen LogP contribution in [0.2, 0.25) is 5.02 Å². The molecule has 0 aliphatic heterocycles. The molecule has 0 atom stereocenters. The molecule has 3 rings (SSSR count). The molecule has 106 valence electrons. The Morgan fingerprint density at radius 1 is 1.24 bits per heavy atom. The maximum Gasteiger partial charge on any atom is 0.224 e. The number of anilines is 1. The van der Waals surface area contributed by atoms with E-state index in [2.05, 4.69) is 20.4 Å². The van der Waals surface area contributed by atoms with E-state index in [1.165, 1.54) is 0 Å². The molecule has 0 radical (unpaired) electrons. The summed E-state index contributed by atoms with van der Waals surface area (Å²) in [5.74, 6) is 7.33. The molecule has 7 heteroatoms. The SMILES string of the molecule is Cc1nc(NN)cc(Oc2ccc(Cl)c3cccnc23)n1. The average molecular weight is 302 g/mol. The summed E-state index contributed by atoms with van der Waals surface area (Å²) in [7, 11) is 0. The highest BCUT2D eigenvalue weighted by Crippen LogP contribution is 2.32. The Morgan fingerprint density at radius 3 is 2.90 bits per heavy atom. The first-order valence-electron chi connectivity index (χ1n) is 6.21. The summed E-state index contributed by atoms with van der Waals surface area (Å²) in [5, 5.41) is 1.44. The van der Waals surface area contributed by atoms with Gasteiger partial charge in [-0.15, -0.1) is 0 Å². The number of fused-ring (bicyclic) bond motifs is 1. The van der Waals surface area contributed by atoms with Crippen LogP contribution in [0.1, 0.15) is 5.82 Å². The van der Waals surface area contributed by atoms with Crippen molar-refractivity contribution in [2.45, 2.75) is 6.92 Å². The minimum absolute atomic E-state index is 0.379. The van der Waals surface area contributed by atoms with Gasteiger partial charge in [-0.1, -0.05) is 11.6 Å². The van der Waals surface area contributed by atoms with Gasteiger partial charge in [-0.05, 0) is 31.2 Å². The van der Waals surface area contributed by atoms with Crippen molar-refractivity contribution in [3.05, 3.63) is 47.4 Å². The number of benzene rings is 1. The molecule has 6 nitrogen and oxygen atoms in total. The predicted octanol–water partition coefficient (Wildman–Crippen LogP) is 3.06. The molecule has 3 N–H and O–H groups in total. The number of nitrogen functional groups attached to an aromatic ring is 1. The molecular weight excluding hydrogens is 290 g/mol. The Bertz CT molecular complexity index is 808. The molecule has 3 aromatic rings. The number of aryl methyl sites for hydroxylation is 1. The van der Waals surface area contributed by atoms with Crippen LogP contribution in [-0.4, -0.2) is 15.0 Å². The van der Waals surface area contributed by atoms with Gasteiger partial charge in [-0.2, -0.15) is 4.98 Å². The van der Waals surface area contributed by atoms with Gasteiger partial charge >= 0.3 is 0 Å². The molecule has 2 aromatic heterocycles. The Hall–Kier alpha value is -2.44. The zero-order valence-electron chi connectivity index (χ0n) is 11.2. The number of ether oxygens (including phenoxy) is 1. The molecule has 2 heterocycles. The minimum Gasteiger partial charge on any atom is -0.437 e. The van der Waals surface area contributed by atoms with Gasteiger partial charge < -0.3 is 10.2 Å². The smallest absolute Gasteiger partial charge is 0.224 e. The first kappa shape index (κ1) is 13.5. The van der Waals surface area contributed by atoms with E-state index >= 15 is 0 Å². The summed E-state index contributed by atoms with van der Waals surface area (Å²) >= 11 is 6.16. The molecule has 0 unspecified atom stereocenters. The number of hydrogen-bond donors (Lipinski definition) is 2. The van der Waals surface area contributed by atoms with Crippen molar-refractivity contribution < 1.29 is 4.74 Å². The predicted molar refractivity (Wildman–Crippen MR) is 81.4 cm³/mol. The van der Waals surface area contributed by atoms with Gasteiger partial charge in [0.15, 0.2) is 5.75 Å². The van der Waals surface area contributed by atoms with E-state index in [1.807, 2.05) is 12.1 Å². The number of hydrogen-bond acceptors (Lipinski definition) is 6. The molecule has 0 saturated carbocycles. The minimum atomic E-state index is 0.379. The van der Waals surface area contributed by atoms with Crippen LogP contribution in [-0.2, 0) is 0 Å². The fourth-order valence-electron chi connectivity index (χ4n) is 1.97. The summed E-state index contributed by atoms with van der Waals surface area (Å²) < 4.78 is 5.80. The summed E-state index contributed by atoms with van der Waals surface area (Å²) in [4.78, 5) is 12.6. The van der Waals surface area contributed by atoms with Crippen LogP contribution < -0.4 is 16.0 Å². The van der Waals surface area contributed by atoms with E-state index in [0.717, 1.165) is 5.39 Å². The van der Waals surface area contributed by atoms with Gasteiger partial charge in [-0.3, -0.25) is 4.98 Å². The molecule has 0 spiro atoms. The van der Waals surface area contributed by atoms with Crippen LogP contribution >= 0.6 is 11.6 Å². The van der Waals surface area contributed by atoms with Crippen LogP contribution in [0.15, 0.2) is 36.5 Å². The van der Waals surface area contributed by atoms with E-state index in [0.29, 0.717) is 33.8 Å². The summed E-state index contributed by atoms with van der Waals surface area (Å²) in [6.45, 7) is 1.76. The third-order valence-electron chi connectivity index (χ3n) is 2.86. The van der Waals surface area contributed by atoms with E-state index in [-0.39, 0.29) is 0 Å². The molecule has 0 fully saturated rings. The largest absolute Gasteiger partial charge is 0.437 e. The zero-order valence-corrected chi connectivity index (χ0v) is 11.9. The van der Waals surface area contributed by atoms with Gasteiger partial charge in [0.25, 0.3) is 0 Å². The number of halogens is 1. The molecule has 0 aliphatic rings. The van der Waals surface area contributed by atoms with Crippen molar-refractivity contribution in [3.63, 3.8) is 0 Å². The topological polar surface area (TPSA) is 86.0 Å². The molecule has 0 amide bonds. The number of nitrogens with one attached hydrogen (secondary N) is 1. The van der Waals surface area contributed by atoms with E-state index < -0.39 is 0 Å². The van der Waals surface area contributed by atoms with E-state index in [4.69, 9.17) is 22.2 Å². The molecule has 0 aliphatic carbocycles. The van der Waals surface area contributed by atoms with Crippen LogP contribution in [0.4, 0.5) is 5.82 Å². The molecule has 21 heavy (non-hydrogen) atoms. The van der Waals surface area contributed by atoms with Crippen molar-refractivity contribution in [3.8, 4) is 11.6 Å². The highest BCUT2D eigenvalue weighted by Gasteiger charge is 2.09. The third-order valence-corrected chi connectivity index (χ3v) is 3.19. The first-order valence-corrected chi connectivity index (χ1v) is 6.58. The normalized spacial score (nSPS) is 10.6. The van der Waals surface area contributed by atoms with Crippen molar-refractivity contribution in [1.29, 1.82) is 0 Å². The lowest BCUT2D eigenvalue weighted by molar-refractivity contribution is 0.464. The second-order valence-electron chi connectivity index (χ2n) is 4.33. The number of rotatable bonds is 3. The number of nitrogens with zero attached hydrogens (tertiary/aromatic N) is 3. The number of pyridine rings is 1. The Kier molecular flexibility index (Phi) is 3.55. The number of nitrogens with two attached hydrogens (primary N) is 1. The molecular formula is C14H12ClN5O. The summed E-state index contributed by atoms with van der Waals surface area (Å²) in [6, 6.07) is 8.83. The summed E-state index contributed by atoms with van der Waals surface area (Å²) in [5.41, 5.74) is 3.14. The molecule has 0 bridgehead atoms. The maximum atomic E-state index is 6.16. The van der Waals surface area contributed by atoms with Crippen LogP contribution in [0.25, 0.3) is 10.9 Å². The highest BCUT2D eigenvalue weighted by atomic mass is 35.5. The van der Waals surface area contributed by atoms with Gasteiger partial charge in [0, 0.05) is 17.6 Å². The second-order valence-corrected chi connectivity index (χ2v) is 4.74. The quantitative estimate of drug-likeness (QED) is 0.571. The Balaban J connectivity index is 2.06. The second kappa shape index (κ2) is 5.51. The molecule has 0 saturated heterocycles. The van der Waals surface area contributed by atoms with Gasteiger partial charge in [0.2, 0.25) is 5.88 Å². The van der Waals surface area contributed by atoms with Crippen molar-refractivity contribution in [1.82, 2.24) is 15.0 Å². The molecule has 1 aromatic carbocycles. The average Bonchev–Trinajstić information content (AvgIpc) is 2.50. The van der Waals surface area contributed by atoms with Gasteiger partial charge in [0.05, 0.1) is 5.02 Å². The monoisotopic (exact) mass is 301 g/mol. The Morgan fingerprint density at radius 2 is 2.10 bits per heavy atom. The fourth-order valence-corrected chi connectivity index (χ4v) is 2.19. The lowest BCUT2D eigenvalue weighted by Crippen LogP contribution is -2.09. The van der Waals surface area contributed by atoms with Crippen molar-refractivity contribution >= 4 is 28.3 Å². The van der Waals surface area contributed by atoms with Crippen molar-refractivity contribution in [2.24, 2.45) is 5.84 Å². The van der Waals surface area contributed by atoms with E-state index in [9.17, 15) is 0 Å². The standard InChI is InChI=1S/C14H12ClN5O/c1-8-18-12(20-16)7-13(19-8)21-11-5-4-10(15)9-3-2-6-17-14(9)11/h2-7H,16H2,1H3,(H,18,19,20). The summed E-state index contributed by atoms with van der Waals surface area (Å²) in [6.07, 6.45) is 1.68. The van der Waals surface area contributed by atoms with Crippen LogP contribution in [0.5, 0.6) is 11.6 Å². The van der Waals surface area contributed by atoms with Gasteiger partial charge in [-0.25, -0.2) is 10.8 Å². The van der Waals surface area contributed by atoms with Crippen LogP contribution in [0.3, 0.4) is 0 Å². The fraction of sp³-hybridized carbons (Fsp3) is 0.0714. The van der Waals surface area contributed by atoms with Crippen molar-refractivity contribution in [2.75, 3.05) is 5.43 Å². The zero-order chi connectivity index (χ0) is 14.8. The number of aromatic nitrogens is 3. The van der Waals surface area contributed by atoms with Gasteiger partial charge in [0.1, 0.15) is 17.2 Å². The highest BCUT2D eigenvalue weighted by molar-refractivity contribution is 6.35. The first-order chi connectivity index (χ1) is 10.2. The lowest BCUT2D eigenvalue weighted by atomic mass is 10.2. The van der Waals surface area contributed by atoms with Crippen LogP contribution in [0, 0.1) is 6.92 Å².